The van der Waals surface area contributed by atoms with Crippen molar-refractivity contribution in [3.05, 3.63) is 17.7 Å². The summed E-state index contributed by atoms with van der Waals surface area (Å²) in [5.41, 5.74) is 0.0447. The number of aromatic carboxylic acids is 1. The summed E-state index contributed by atoms with van der Waals surface area (Å²) < 4.78 is 3.50. The van der Waals surface area contributed by atoms with E-state index >= 15 is 0 Å². The number of aryl methyl sites for hydroxylation is 1. The zero-order chi connectivity index (χ0) is 12.7. The Morgan fingerprint density at radius 2 is 2.11 bits per heavy atom. The van der Waals surface area contributed by atoms with E-state index < -0.39 is 5.97 Å². The van der Waals surface area contributed by atoms with E-state index in [1.165, 1.54) is 38.3 Å². The van der Waals surface area contributed by atoms with Crippen LogP contribution in [0.2, 0.25) is 0 Å². The van der Waals surface area contributed by atoms with Gasteiger partial charge in [-0.2, -0.15) is 5.10 Å². The van der Waals surface area contributed by atoms with Crippen molar-refractivity contribution in [3.63, 3.8) is 0 Å². The number of aromatic nitrogens is 4. The van der Waals surface area contributed by atoms with E-state index in [9.17, 15) is 4.79 Å². The molecule has 18 heavy (non-hydrogen) atoms. The summed E-state index contributed by atoms with van der Waals surface area (Å²) in [5, 5.41) is 13.4. The second kappa shape index (κ2) is 4.12. The Bertz CT molecular complexity index is 593. The number of carbonyl (C=O) groups is 1. The van der Waals surface area contributed by atoms with E-state index in [1.807, 2.05) is 11.6 Å². The molecule has 0 unspecified atom stereocenters. The van der Waals surface area contributed by atoms with Gasteiger partial charge in [0.15, 0.2) is 5.69 Å². The number of hydrogen-bond donors (Lipinski definition) is 1. The number of carboxylic acids is 1. The minimum Gasteiger partial charge on any atom is -0.476 e. The standard InChI is InChI=1S/C12H16N4O2/c1-15-10(8-5-3-2-4-6-8)14-16-7-9(11(17)18)13-12(15)16/h7-8H,2-6H2,1H3,(H,17,18). The van der Waals surface area contributed by atoms with Gasteiger partial charge in [0.1, 0.15) is 5.82 Å². The van der Waals surface area contributed by atoms with E-state index in [0.717, 1.165) is 5.82 Å². The molecule has 1 aliphatic carbocycles. The molecule has 1 saturated carbocycles. The largest absolute Gasteiger partial charge is 0.476 e. The Morgan fingerprint density at radius 3 is 2.72 bits per heavy atom. The van der Waals surface area contributed by atoms with Gasteiger partial charge in [0, 0.05) is 13.0 Å². The van der Waals surface area contributed by atoms with Crippen LogP contribution in [0.25, 0.3) is 5.78 Å². The zero-order valence-electron chi connectivity index (χ0n) is 10.3. The highest BCUT2D eigenvalue weighted by atomic mass is 16.4. The molecule has 0 atom stereocenters. The molecule has 1 N–H and O–H groups in total. The number of fused-ring (bicyclic) bond motifs is 1. The summed E-state index contributed by atoms with van der Waals surface area (Å²) in [4.78, 5) is 14.9. The maximum Gasteiger partial charge on any atom is 0.356 e. The van der Waals surface area contributed by atoms with Gasteiger partial charge in [-0.05, 0) is 12.8 Å². The molecule has 0 spiro atoms. The van der Waals surface area contributed by atoms with Crippen LogP contribution in [0, 0.1) is 0 Å². The van der Waals surface area contributed by atoms with E-state index in [1.54, 1.807) is 4.52 Å². The SMILES string of the molecule is Cn1c(C2CCCCC2)nn2cc(C(=O)O)nc12. The van der Waals surface area contributed by atoms with Gasteiger partial charge in [-0.15, -0.1) is 0 Å². The minimum atomic E-state index is -1.01. The van der Waals surface area contributed by atoms with Gasteiger partial charge in [0.25, 0.3) is 0 Å². The first-order valence-corrected chi connectivity index (χ1v) is 6.32. The molecule has 6 nitrogen and oxygen atoms in total. The van der Waals surface area contributed by atoms with Gasteiger partial charge in [-0.3, -0.25) is 4.57 Å². The van der Waals surface area contributed by atoms with E-state index in [0.29, 0.717) is 11.7 Å². The highest BCUT2D eigenvalue weighted by molar-refractivity contribution is 5.85. The normalized spacial score (nSPS) is 17.4. The average molecular weight is 248 g/mol. The number of carboxylic acid groups (broad SMARTS) is 1. The number of nitrogens with zero attached hydrogens (tertiary/aromatic N) is 4. The number of imidazole rings is 1. The third kappa shape index (κ3) is 1.68. The minimum absolute atomic E-state index is 0.0447. The molecule has 1 aliphatic rings. The summed E-state index contributed by atoms with van der Waals surface area (Å²) >= 11 is 0. The molecule has 2 aromatic rings. The van der Waals surface area contributed by atoms with E-state index in [2.05, 4.69) is 10.1 Å². The quantitative estimate of drug-likeness (QED) is 0.879. The molecule has 0 amide bonds. The number of hydrogen-bond acceptors (Lipinski definition) is 3. The van der Waals surface area contributed by atoms with Gasteiger partial charge < -0.3 is 5.11 Å². The van der Waals surface area contributed by atoms with Crippen LogP contribution >= 0.6 is 0 Å². The van der Waals surface area contributed by atoms with Gasteiger partial charge in [0.2, 0.25) is 5.78 Å². The van der Waals surface area contributed by atoms with Gasteiger partial charge in [0.05, 0.1) is 6.20 Å². The monoisotopic (exact) mass is 248 g/mol. The van der Waals surface area contributed by atoms with Crippen LogP contribution in [0.5, 0.6) is 0 Å². The predicted molar refractivity (Wildman–Crippen MR) is 64.7 cm³/mol. The lowest BCUT2D eigenvalue weighted by Crippen LogP contribution is -2.10. The van der Waals surface area contributed by atoms with Crippen molar-refractivity contribution in [3.8, 4) is 0 Å². The molecule has 0 saturated heterocycles. The second-order valence-corrected chi connectivity index (χ2v) is 4.93. The van der Waals surface area contributed by atoms with E-state index in [-0.39, 0.29) is 5.69 Å². The lowest BCUT2D eigenvalue weighted by atomic mass is 9.89. The van der Waals surface area contributed by atoms with Crippen molar-refractivity contribution < 1.29 is 9.90 Å². The topological polar surface area (TPSA) is 72.4 Å². The smallest absolute Gasteiger partial charge is 0.356 e. The maximum absolute atomic E-state index is 10.9. The lowest BCUT2D eigenvalue weighted by Gasteiger charge is -2.20. The molecule has 6 heteroatoms. The fourth-order valence-electron chi connectivity index (χ4n) is 2.76. The van der Waals surface area contributed by atoms with Crippen LogP contribution in [-0.2, 0) is 7.05 Å². The molecule has 2 aromatic heterocycles. The van der Waals surface area contributed by atoms with Crippen LogP contribution in [-0.4, -0.2) is 30.2 Å². The molecule has 0 aromatic carbocycles. The molecule has 2 heterocycles. The molecule has 0 aliphatic heterocycles. The second-order valence-electron chi connectivity index (χ2n) is 4.93. The highest BCUT2D eigenvalue weighted by Gasteiger charge is 2.23. The maximum atomic E-state index is 10.9. The Kier molecular flexibility index (Phi) is 2.57. The molecule has 96 valence electrons. The van der Waals surface area contributed by atoms with Crippen molar-refractivity contribution in [1.29, 1.82) is 0 Å². The molecule has 3 rings (SSSR count). The molecular formula is C12H16N4O2. The van der Waals surface area contributed by atoms with Crippen molar-refractivity contribution in [2.24, 2.45) is 7.05 Å². The van der Waals surface area contributed by atoms with Crippen LogP contribution in [0.15, 0.2) is 6.20 Å². The van der Waals surface area contributed by atoms with Crippen molar-refractivity contribution in [1.82, 2.24) is 19.2 Å². The van der Waals surface area contributed by atoms with E-state index in [4.69, 9.17) is 5.11 Å². The predicted octanol–water partition coefficient (Wildman–Crippen LogP) is 1.81. The Hall–Kier alpha value is -1.85. The van der Waals surface area contributed by atoms with Crippen LogP contribution in [0.3, 0.4) is 0 Å². The van der Waals surface area contributed by atoms with Crippen LogP contribution < -0.4 is 0 Å². The molecule has 0 bridgehead atoms. The molecule has 1 fully saturated rings. The fraction of sp³-hybridized carbons (Fsp3) is 0.583. The summed E-state index contributed by atoms with van der Waals surface area (Å²) in [7, 11) is 1.91. The zero-order valence-corrected chi connectivity index (χ0v) is 10.3. The van der Waals surface area contributed by atoms with Crippen molar-refractivity contribution in [2.45, 2.75) is 38.0 Å². The third-order valence-corrected chi connectivity index (χ3v) is 3.71. The third-order valence-electron chi connectivity index (χ3n) is 3.71. The lowest BCUT2D eigenvalue weighted by molar-refractivity contribution is 0.0691. The first kappa shape index (κ1) is 11.3. The fourth-order valence-corrected chi connectivity index (χ4v) is 2.76. The highest BCUT2D eigenvalue weighted by Crippen LogP contribution is 2.31. The van der Waals surface area contributed by atoms with Gasteiger partial charge in [-0.1, -0.05) is 19.3 Å². The van der Waals surface area contributed by atoms with Crippen molar-refractivity contribution >= 4 is 11.7 Å². The van der Waals surface area contributed by atoms with Gasteiger partial charge >= 0.3 is 5.97 Å². The number of rotatable bonds is 2. The Balaban J connectivity index is 2.01. The summed E-state index contributed by atoms with van der Waals surface area (Å²) in [6, 6.07) is 0. The van der Waals surface area contributed by atoms with Crippen LogP contribution in [0.4, 0.5) is 0 Å². The summed E-state index contributed by atoms with van der Waals surface area (Å²) in [6.45, 7) is 0. The summed E-state index contributed by atoms with van der Waals surface area (Å²) in [6.07, 6.45) is 7.62. The molecule has 0 radical (unpaired) electrons. The Labute approximate surface area is 104 Å². The summed E-state index contributed by atoms with van der Waals surface area (Å²) in [5.74, 6) is 1.10. The van der Waals surface area contributed by atoms with Gasteiger partial charge in [-0.25, -0.2) is 14.3 Å². The Morgan fingerprint density at radius 1 is 1.39 bits per heavy atom. The first-order chi connectivity index (χ1) is 8.66. The van der Waals surface area contributed by atoms with Crippen molar-refractivity contribution in [2.75, 3.05) is 0 Å². The first-order valence-electron chi connectivity index (χ1n) is 6.32. The molecular weight excluding hydrogens is 232 g/mol. The van der Waals surface area contributed by atoms with Crippen LogP contribution in [0.1, 0.15) is 54.3 Å². The average Bonchev–Trinajstić information content (AvgIpc) is 2.91.